The highest BCUT2D eigenvalue weighted by Crippen LogP contribution is 2.77. The van der Waals surface area contributed by atoms with Gasteiger partial charge in [-0.05, 0) is 48.3 Å². The van der Waals surface area contributed by atoms with Crippen LogP contribution in [0.25, 0.3) is 0 Å². The van der Waals surface area contributed by atoms with Gasteiger partial charge in [0.2, 0.25) is 5.91 Å². The van der Waals surface area contributed by atoms with Crippen molar-refractivity contribution in [3.8, 4) is 0 Å². The molecule has 126 valence electrons. The molecule has 2 atom stereocenters. The van der Waals surface area contributed by atoms with E-state index in [2.05, 4.69) is 44.9 Å². The molecule has 0 bridgehead atoms. The van der Waals surface area contributed by atoms with Crippen molar-refractivity contribution in [3.63, 3.8) is 0 Å². The topological polar surface area (TPSA) is 51.2 Å². The van der Waals surface area contributed by atoms with Crippen LogP contribution in [0.15, 0.2) is 24.5 Å². The summed E-state index contributed by atoms with van der Waals surface area (Å²) >= 11 is 0. The SMILES string of the molecule is CC1(C)C(C)(C)C1(C)C(=O)N[C@@H]1CCO[C@H](c2ccncc2)C1. The van der Waals surface area contributed by atoms with Crippen molar-refractivity contribution in [1.82, 2.24) is 10.3 Å². The van der Waals surface area contributed by atoms with Crippen LogP contribution in [0.4, 0.5) is 0 Å². The molecule has 4 heteroatoms. The Kier molecular flexibility index (Phi) is 3.79. The number of nitrogens with zero attached hydrogens (tertiary/aromatic N) is 1. The molecule has 1 aliphatic carbocycles. The predicted octanol–water partition coefficient (Wildman–Crippen LogP) is 3.49. The lowest BCUT2D eigenvalue weighted by Crippen LogP contribution is -2.44. The zero-order chi connectivity index (χ0) is 16.9. The Bertz CT molecular complexity index is 581. The number of nitrogens with one attached hydrogen (secondary N) is 1. The Morgan fingerprint density at radius 1 is 1.17 bits per heavy atom. The fourth-order valence-corrected chi connectivity index (χ4v) is 4.23. The minimum atomic E-state index is -0.301. The van der Waals surface area contributed by atoms with E-state index in [1.165, 1.54) is 0 Å². The lowest BCUT2D eigenvalue weighted by molar-refractivity contribution is -0.129. The van der Waals surface area contributed by atoms with Crippen molar-refractivity contribution in [3.05, 3.63) is 30.1 Å². The van der Waals surface area contributed by atoms with Crippen molar-refractivity contribution in [2.75, 3.05) is 6.61 Å². The maximum absolute atomic E-state index is 12.9. The number of carbonyl (C=O) groups excluding carboxylic acids is 1. The van der Waals surface area contributed by atoms with E-state index in [9.17, 15) is 4.79 Å². The van der Waals surface area contributed by atoms with Gasteiger partial charge in [-0.25, -0.2) is 0 Å². The largest absolute Gasteiger partial charge is 0.373 e. The van der Waals surface area contributed by atoms with Gasteiger partial charge in [-0.3, -0.25) is 9.78 Å². The fourth-order valence-electron chi connectivity index (χ4n) is 4.23. The first kappa shape index (κ1) is 16.4. The molecular formula is C19H28N2O2. The van der Waals surface area contributed by atoms with Gasteiger partial charge in [0.15, 0.2) is 0 Å². The van der Waals surface area contributed by atoms with Gasteiger partial charge in [0.25, 0.3) is 0 Å². The van der Waals surface area contributed by atoms with Gasteiger partial charge in [0, 0.05) is 25.0 Å². The molecule has 1 saturated carbocycles. The third-order valence-corrected chi connectivity index (χ3v) is 7.15. The van der Waals surface area contributed by atoms with E-state index in [1.54, 1.807) is 12.4 Å². The van der Waals surface area contributed by atoms with Crippen LogP contribution in [0, 0.1) is 16.2 Å². The molecule has 0 unspecified atom stereocenters. The van der Waals surface area contributed by atoms with Crippen LogP contribution >= 0.6 is 0 Å². The highest BCUT2D eigenvalue weighted by atomic mass is 16.5. The summed E-state index contributed by atoms with van der Waals surface area (Å²) in [7, 11) is 0. The van der Waals surface area contributed by atoms with Crippen LogP contribution < -0.4 is 5.32 Å². The molecule has 2 aliphatic rings. The standard InChI is InChI=1S/C19H28N2O2/c1-17(2)18(3,4)19(17,5)16(22)21-14-8-11-23-15(12-14)13-6-9-20-10-7-13/h6-7,9-10,14-15H,8,11-12H2,1-5H3,(H,21,22)/t14-,15+/m1/s1. The van der Waals surface area contributed by atoms with Crippen LogP contribution in [0.3, 0.4) is 0 Å². The van der Waals surface area contributed by atoms with Crippen molar-refractivity contribution in [1.29, 1.82) is 0 Å². The molecule has 2 heterocycles. The van der Waals surface area contributed by atoms with E-state index in [-0.39, 0.29) is 34.3 Å². The summed E-state index contributed by atoms with van der Waals surface area (Å²) < 4.78 is 5.88. The maximum Gasteiger partial charge on any atom is 0.227 e. The quantitative estimate of drug-likeness (QED) is 0.928. The number of amides is 1. The van der Waals surface area contributed by atoms with Crippen molar-refractivity contribution in [2.24, 2.45) is 16.2 Å². The normalized spacial score (nSPS) is 30.5. The molecule has 1 aromatic heterocycles. The van der Waals surface area contributed by atoms with Crippen molar-refractivity contribution >= 4 is 5.91 Å². The van der Waals surface area contributed by atoms with E-state index in [0.717, 1.165) is 18.4 Å². The molecular weight excluding hydrogens is 288 g/mol. The number of carbonyl (C=O) groups is 1. The highest BCUT2D eigenvalue weighted by molar-refractivity contribution is 5.88. The maximum atomic E-state index is 12.9. The summed E-state index contributed by atoms with van der Waals surface area (Å²) in [5, 5.41) is 3.30. The van der Waals surface area contributed by atoms with Gasteiger partial charge in [-0.15, -0.1) is 0 Å². The Hall–Kier alpha value is -1.42. The van der Waals surface area contributed by atoms with Crippen LogP contribution in [-0.2, 0) is 9.53 Å². The van der Waals surface area contributed by atoms with E-state index in [1.807, 2.05) is 12.1 Å². The fraction of sp³-hybridized carbons (Fsp3) is 0.684. The van der Waals surface area contributed by atoms with Gasteiger partial charge in [-0.1, -0.05) is 27.7 Å². The number of pyridine rings is 1. The minimum Gasteiger partial charge on any atom is -0.373 e. The monoisotopic (exact) mass is 316 g/mol. The predicted molar refractivity (Wildman–Crippen MR) is 89.8 cm³/mol. The zero-order valence-corrected chi connectivity index (χ0v) is 14.8. The van der Waals surface area contributed by atoms with Gasteiger partial charge in [0.1, 0.15) is 0 Å². The third-order valence-electron chi connectivity index (χ3n) is 7.15. The number of ether oxygens (including phenoxy) is 1. The van der Waals surface area contributed by atoms with E-state index < -0.39 is 0 Å². The van der Waals surface area contributed by atoms with Crippen molar-refractivity contribution in [2.45, 2.75) is 59.6 Å². The average molecular weight is 316 g/mol. The molecule has 0 radical (unpaired) electrons. The third kappa shape index (κ3) is 2.30. The van der Waals surface area contributed by atoms with Crippen LogP contribution in [0.5, 0.6) is 0 Å². The van der Waals surface area contributed by atoms with Gasteiger partial charge >= 0.3 is 0 Å². The Morgan fingerprint density at radius 2 is 1.78 bits per heavy atom. The van der Waals surface area contributed by atoms with E-state index in [4.69, 9.17) is 4.74 Å². The van der Waals surface area contributed by atoms with Crippen LogP contribution in [0.2, 0.25) is 0 Å². The lowest BCUT2D eigenvalue weighted by atomic mass is 9.93. The van der Waals surface area contributed by atoms with Crippen LogP contribution in [-0.4, -0.2) is 23.5 Å². The molecule has 1 saturated heterocycles. The van der Waals surface area contributed by atoms with Gasteiger partial charge in [0.05, 0.1) is 11.5 Å². The van der Waals surface area contributed by atoms with E-state index >= 15 is 0 Å². The smallest absolute Gasteiger partial charge is 0.227 e. The number of rotatable bonds is 3. The summed E-state index contributed by atoms with van der Waals surface area (Å²) in [4.78, 5) is 17.0. The molecule has 3 rings (SSSR count). The average Bonchev–Trinajstić information content (AvgIpc) is 2.86. The summed E-state index contributed by atoms with van der Waals surface area (Å²) in [6, 6.07) is 4.16. The summed E-state index contributed by atoms with van der Waals surface area (Å²) in [6.45, 7) is 11.5. The molecule has 4 nitrogen and oxygen atoms in total. The lowest BCUT2D eigenvalue weighted by Gasteiger charge is -2.31. The first-order valence-corrected chi connectivity index (χ1v) is 8.54. The molecule has 1 amide bonds. The van der Waals surface area contributed by atoms with Crippen molar-refractivity contribution < 1.29 is 9.53 Å². The summed E-state index contributed by atoms with van der Waals surface area (Å²) in [6.07, 6.45) is 5.33. The minimum absolute atomic E-state index is 0.0275. The van der Waals surface area contributed by atoms with Gasteiger partial charge in [-0.2, -0.15) is 0 Å². The highest BCUT2D eigenvalue weighted by Gasteiger charge is 2.78. The van der Waals surface area contributed by atoms with E-state index in [0.29, 0.717) is 6.61 Å². The number of hydrogen-bond donors (Lipinski definition) is 1. The zero-order valence-electron chi connectivity index (χ0n) is 14.8. The molecule has 2 fully saturated rings. The Labute approximate surface area is 139 Å². The molecule has 0 spiro atoms. The van der Waals surface area contributed by atoms with Crippen LogP contribution in [0.1, 0.15) is 59.1 Å². The molecule has 1 aliphatic heterocycles. The second-order valence-electron chi connectivity index (χ2n) is 8.21. The number of aromatic nitrogens is 1. The molecule has 0 aromatic carbocycles. The molecule has 1 N–H and O–H groups in total. The second-order valence-corrected chi connectivity index (χ2v) is 8.21. The second kappa shape index (κ2) is 5.30. The number of hydrogen-bond acceptors (Lipinski definition) is 3. The Morgan fingerprint density at radius 3 is 2.35 bits per heavy atom. The first-order valence-electron chi connectivity index (χ1n) is 8.54. The summed E-state index contributed by atoms with van der Waals surface area (Å²) in [5.41, 5.74) is 0.890. The summed E-state index contributed by atoms with van der Waals surface area (Å²) in [5.74, 6) is 0.188. The molecule has 1 aromatic rings. The first-order chi connectivity index (χ1) is 10.7. The molecule has 23 heavy (non-hydrogen) atoms. The van der Waals surface area contributed by atoms with Gasteiger partial charge < -0.3 is 10.1 Å². The Balaban J connectivity index is 1.66.